The molecule has 0 saturated carbocycles. The molecule has 0 saturated heterocycles. The average molecular weight is 260 g/mol. The third-order valence-corrected chi connectivity index (χ3v) is 2.13. The largest absolute Gasteiger partial charge is 0.469 e. The van der Waals surface area contributed by atoms with Crippen molar-refractivity contribution in [1.82, 2.24) is 0 Å². The molecule has 10 heteroatoms. The molecule has 9 nitrogen and oxygen atoms in total. The molecular formula is C6H13O9P. The van der Waals surface area contributed by atoms with Gasteiger partial charge in [0.05, 0.1) is 6.61 Å². The Morgan fingerprint density at radius 3 is 2.00 bits per heavy atom. The summed E-state index contributed by atoms with van der Waals surface area (Å²) < 4.78 is 14.1. The maximum atomic E-state index is 10.2. The second kappa shape index (κ2) is 6.38. The van der Waals surface area contributed by atoms with Crippen molar-refractivity contribution in [1.29, 1.82) is 0 Å². The number of hydrogen-bond donors (Lipinski definition) is 6. The minimum absolute atomic E-state index is 0.0650. The van der Waals surface area contributed by atoms with E-state index in [1.165, 1.54) is 0 Å². The second-order valence-corrected chi connectivity index (χ2v) is 4.20. The van der Waals surface area contributed by atoms with Gasteiger partial charge >= 0.3 is 7.82 Å². The summed E-state index contributed by atoms with van der Waals surface area (Å²) in [7, 11) is -4.80. The highest BCUT2D eigenvalue weighted by molar-refractivity contribution is 7.46. The lowest BCUT2D eigenvalue weighted by molar-refractivity contribution is -0.136. The van der Waals surface area contributed by atoms with Crippen LogP contribution in [-0.4, -0.2) is 67.5 Å². The molecule has 0 aliphatic rings. The van der Waals surface area contributed by atoms with Crippen LogP contribution in [0.15, 0.2) is 0 Å². The zero-order valence-electron chi connectivity index (χ0n) is 7.95. The fourth-order valence-electron chi connectivity index (χ4n) is 0.782. The molecule has 0 aromatic rings. The van der Waals surface area contributed by atoms with Gasteiger partial charge in [0.2, 0.25) is 0 Å². The van der Waals surface area contributed by atoms with E-state index in [1.807, 2.05) is 0 Å². The number of phosphoric ester groups is 1. The lowest BCUT2D eigenvalue weighted by Crippen LogP contribution is -2.46. The molecule has 0 rings (SSSR count). The Labute approximate surface area is 90.2 Å². The van der Waals surface area contributed by atoms with Gasteiger partial charge in [-0.3, -0.25) is 4.52 Å². The van der Waals surface area contributed by atoms with Crippen LogP contribution in [-0.2, 0) is 13.9 Å². The van der Waals surface area contributed by atoms with Gasteiger partial charge < -0.3 is 35.0 Å². The Morgan fingerprint density at radius 1 is 1.12 bits per heavy atom. The molecule has 0 bridgehead atoms. The van der Waals surface area contributed by atoms with Gasteiger partial charge in [-0.25, -0.2) is 4.57 Å². The van der Waals surface area contributed by atoms with Gasteiger partial charge in [0.1, 0.15) is 24.4 Å². The molecule has 0 aromatic carbocycles. The van der Waals surface area contributed by atoms with E-state index in [4.69, 9.17) is 30.2 Å². The van der Waals surface area contributed by atoms with Crippen LogP contribution in [0, 0.1) is 0 Å². The quantitative estimate of drug-likeness (QED) is 0.203. The summed E-state index contributed by atoms with van der Waals surface area (Å²) in [6.45, 7) is -0.964. The molecule has 0 fully saturated rings. The third kappa shape index (κ3) is 5.64. The minimum atomic E-state index is -4.80. The predicted octanol–water partition coefficient (Wildman–Crippen LogP) is -3.26. The highest BCUT2D eigenvalue weighted by atomic mass is 31.2. The van der Waals surface area contributed by atoms with Gasteiger partial charge in [0.15, 0.2) is 6.29 Å². The Kier molecular flexibility index (Phi) is 6.23. The second-order valence-electron chi connectivity index (χ2n) is 2.96. The highest BCUT2D eigenvalue weighted by Crippen LogP contribution is 2.35. The van der Waals surface area contributed by atoms with Crippen LogP contribution in [0.3, 0.4) is 0 Å². The first-order valence-corrected chi connectivity index (χ1v) is 5.59. The van der Waals surface area contributed by atoms with Crippen molar-refractivity contribution in [2.75, 3.05) is 6.61 Å². The maximum absolute atomic E-state index is 10.2. The normalized spacial score (nSPS) is 19.9. The van der Waals surface area contributed by atoms with Gasteiger partial charge in [-0.05, 0) is 0 Å². The zero-order valence-corrected chi connectivity index (χ0v) is 8.84. The van der Waals surface area contributed by atoms with E-state index in [9.17, 15) is 9.36 Å². The van der Waals surface area contributed by atoms with Gasteiger partial charge in [-0.15, -0.1) is 0 Å². The molecule has 0 unspecified atom stereocenters. The van der Waals surface area contributed by atoms with Crippen LogP contribution in [0.5, 0.6) is 0 Å². The summed E-state index contributed by atoms with van der Waals surface area (Å²) in [6.07, 6.45) is -7.80. The molecule has 0 radical (unpaired) electrons. The first kappa shape index (κ1) is 15.6. The lowest BCUT2D eigenvalue weighted by Gasteiger charge is -2.23. The topological polar surface area (TPSA) is 165 Å². The van der Waals surface area contributed by atoms with E-state index in [1.54, 1.807) is 0 Å². The number of carbonyl (C=O) groups excluding carboxylic acids is 1. The van der Waals surface area contributed by atoms with Crippen LogP contribution in [0.2, 0.25) is 0 Å². The SMILES string of the molecule is O=C[C@@H](O)[C@@H](O)[C@@H](O)[C@H](O)COP(=O)(O)O. The smallest absolute Gasteiger partial charge is 0.388 e. The number of aldehydes is 1. The van der Waals surface area contributed by atoms with Crippen LogP contribution in [0.1, 0.15) is 0 Å². The molecule has 0 aliphatic carbocycles. The van der Waals surface area contributed by atoms with E-state index in [-0.39, 0.29) is 6.29 Å². The van der Waals surface area contributed by atoms with Crippen LogP contribution in [0.25, 0.3) is 0 Å². The molecule has 0 aromatic heterocycles. The third-order valence-electron chi connectivity index (χ3n) is 1.65. The van der Waals surface area contributed by atoms with E-state index in [0.717, 1.165) is 0 Å². The van der Waals surface area contributed by atoms with Gasteiger partial charge in [0, 0.05) is 0 Å². The van der Waals surface area contributed by atoms with Crippen molar-refractivity contribution in [2.45, 2.75) is 24.4 Å². The number of aliphatic hydroxyl groups is 4. The van der Waals surface area contributed by atoms with Crippen molar-refractivity contribution in [3.8, 4) is 0 Å². The molecule has 16 heavy (non-hydrogen) atoms. The number of hydrogen-bond acceptors (Lipinski definition) is 7. The lowest BCUT2D eigenvalue weighted by atomic mass is 10.0. The van der Waals surface area contributed by atoms with E-state index < -0.39 is 38.8 Å². The Hall–Kier alpha value is -0.380. The summed E-state index contributed by atoms with van der Waals surface area (Å²) in [5.41, 5.74) is 0. The highest BCUT2D eigenvalue weighted by Gasteiger charge is 2.31. The first-order valence-electron chi connectivity index (χ1n) is 4.06. The molecule has 96 valence electrons. The Morgan fingerprint density at radius 2 is 1.62 bits per heavy atom. The number of rotatable bonds is 7. The van der Waals surface area contributed by atoms with Gasteiger partial charge in [-0.1, -0.05) is 0 Å². The molecule has 4 atom stereocenters. The summed E-state index contributed by atoms with van der Waals surface area (Å²) in [5.74, 6) is 0. The fourth-order valence-corrected chi connectivity index (χ4v) is 1.13. The molecular weight excluding hydrogens is 247 g/mol. The van der Waals surface area contributed by atoms with E-state index in [2.05, 4.69) is 4.52 Å². The van der Waals surface area contributed by atoms with Crippen LogP contribution >= 0.6 is 7.82 Å². The monoisotopic (exact) mass is 260 g/mol. The standard InChI is InChI=1S/C6H13O9P/c7-1-3(8)5(10)6(11)4(9)2-15-16(12,13)14/h1,3-6,8-11H,2H2,(H2,12,13,14)/t3-,4-,5-,6+/m1/s1. The summed E-state index contributed by atoms with van der Waals surface area (Å²) in [5, 5.41) is 36.1. The summed E-state index contributed by atoms with van der Waals surface area (Å²) in [6, 6.07) is 0. The molecule has 6 N–H and O–H groups in total. The van der Waals surface area contributed by atoms with Gasteiger partial charge in [0.25, 0.3) is 0 Å². The zero-order chi connectivity index (χ0) is 12.9. The molecule has 0 heterocycles. The van der Waals surface area contributed by atoms with Crippen LogP contribution in [0.4, 0.5) is 0 Å². The van der Waals surface area contributed by atoms with E-state index >= 15 is 0 Å². The average Bonchev–Trinajstić information content (AvgIpc) is 2.21. The Bertz CT molecular complexity index is 263. The Balaban J connectivity index is 4.22. The molecule has 0 amide bonds. The maximum Gasteiger partial charge on any atom is 0.469 e. The summed E-state index contributed by atoms with van der Waals surface area (Å²) >= 11 is 0. The first-order chi connectivity index (χ1) is 7.19. The number of phosphoric acid groups is 1. The fraction of sp³-hybridized carbons (Fsp3) is 0.833. The van der Waals surface area contributed by atoms with Crippen LogP contribution < -0.4 is 0 Å². The number of aliphatic hydroxyl groups excluding tert-OH is 4. The number of carbonyl (C=O) groups is 1. The van der Waals surface area contributed by atoms with Crippen molar-refractivity contribution in [3.63, 3.8) is 0 Å². The predicted molar refractivity (Wildman–Crippen MR) is 48.1 cm³/mol. The summed E-state index contributed by atoms with van der Waals surface area (Å²) in [4.78, 5) is 26.6. The molecule has 0 aliphatic heterocycles. The van der Waals surface area contributed by atoms with Crippen molar-refractivity contribution in [3.05, 3.63) is 0 Å². The van der Waals surface area contributed by atoms with E-state index in [0.29, 0.717) is 0 Å². The van der Waals surface area contributed by atoms with Gasteiger partial charge in [-0.2, -0.15) is 0 Å². The minimum Gasteiger partial charge on any atom is -0.388 e. The molecule has 0 spiro atoms. The van der Waals surface area contributed by atoms with Crippen molar-refractivity contribution < 1.29 is 44.1 Å². The van der Waals surface area contributed by atoms with Crippen molar-refractivity contribution in [2.24, 2.45) is 0 Å². The van der Waals surface area contributed by atoms with Crippen molar-refractivity contribution >= 4 is 14.1 Å².